The van der Waals surface area contributed by atoms with Crippen LogP contribution in [-0.4, -0.2) is 26.1 Å². The average Bonchev–Trinajstić information content (AvgIpc) is 2.89. The van der Waals surface area contributed by atoms with Crippen LogP contribution < -0.4 is 5.43 Å². The van der Waals surface area contributed by atoms with Crippen molar-refractivity contribution >= 4 is 51.9 Å². The lowest BCUT2D eigenvalue weighted by atomic mass is 10.2. The maximum Gasteiger partial charge on any atom is 0.285 e. The van der Waals surface area contributed by atoms with Gasteiger partial charge in [-0.15, -0.1) is 0 Å². The molecule has 2 aromatic carbocycles. The molecule has 0 aromatic heterocycles. The molecule has 0 spiro atoms. The first-order chi connectivity index (χ1) is 12.8. The van der Waals surface area contributed by atoms with E-state index < -0.39 is 22.6 Å². The average molecular weight is 403 g/mol. The van der Waals surface area contributed by atoms with Gasteiger partial charge in [0.05, 0.1) is 9.83 Å². The molecule has 10 heteroatoms. The lowest BCUT2D eigenvalue weighted by Gasteiger charge is -2.15. The topological polar surface area (TPSA) is 92.6 Å². The van der Waals surface area contributed by atoms with E-state index >= 15 is 0 Å². The van der Waals surface area contributed by atoms with Crippen molar-refractivity contribution in [3.8, 4) is 0 Å². The standard InChI is InChI=1S/C17H10FN3O4S2/c18-12-5-1-3-10(7-12)8-14-16(23)20(17(26)27-14)19-15(22)11-4-2-6-13(9-11)21(24)25/h1-9H,(H,19,22). The summed E-state index contributed by atoms with van der Waals surface area (Å²) in [6.45, 7) is 0. The predicted molar refractivity (Wildman–Crippen MR) is 102 cm³/mol. The summed E-state index contributed by atoms with van der Waals surface area (Å²) in [7, 11) is 0. The van der Waals surface area contributed by atoms with Crippen LogP contribution in [0.5, 0.6) is 0 Å². The van der Waals surface area contributed by atoms with Gasteiger partial charge in [-0.2, -0.15) is 5.01 Å². The Morgan fingerprint density at radius 2 is 2.00 bits per heavy atom. The number of hydrazine groups is 1. The fraction of sp³-hybridized carbons (Fsp3) is 0. The third-order valence-corrected chi connectivity index (χ3v) is 4.77. The molecule has 2 aromatic rings. The molecular weight excluding hydrogens is 393 g/mol. The summed E-state index contributed by atoms with van der Waals surface area (Å²) < 4.78 is 13.4. The van der Waals surface area contributed by atoms with E-state index in [9.17, 15) is 24.1 Å². The Hall–Kier alpha value is -3.11. The minimum absolute atomic E-state index is 0.00681. The summed E-state index contributed by atoms with van der Waals surface area (Å²) in [4.78, 5) is 35.2. The molecule has 3 rings (SSSR count). The molecule has 1 N–H and O–H groups in total. The van der Waals surface area contributed by atoms with Crippen LogP contribution in [0.3, 0.4) is 0 Å². The van der Waals surface area contributed by atoms with Crippen LogP contribution in [-0.2, 0) is 4.79 Å². The van der Waals surface area contributed by atoms with Crippen molar-refractivity contribution in [1.29, 1.82) is 0 Å². The van der Waals surface area contributed by atoms with Gasteiger partial charge < -0.3 is 0 Å². The van der Waals surface area contributed by atoms with Crippen molar-refractivity contribution in [2.24, 2.45) is 0 Å². The number of amides is 2. The van der Waals surface area contributed by atoms with Gasteiger partial charge in [-0.05, 0) is 42.1 Å². The first-order valence-electron chi connectivity index (χ1n) is 7.44. The van der Waals surface area contributed by atoms with Crippen molar-refractivity contribution in [2.75, 3.05) is 0 Å². The number of thioether (sulfide) groups is 1. The molecule has 0 radical (unpaired) electrons. The number of hydrogen-bond acceptors (Lipinski definition) is 6. The molecule has 7 nitrogen and oxygen atoms in total. The number of rotatable bonds is 4. The van der Waals surface area contributed by atoms with E-state index in [2.05, 4.69) is 5.43 Å². The van der Waals surface area contributed by atoms with Gasteiger partial charge in [0.25, 0.3) is 17.5 Å². The molecule has 0 saturated carbocycles. The fourth-order valence-corrected chi connectivity index (χ4v) is 3.42. The summed E-state index contributed by atoms with van der Waals surface area (Å²) in [5, 5.41) is 11.7. The van der Waals surface area contributed by atoms with Gasteiger partial charge in [-0.3, -0.25) is 25.1 Å². The number of nitro benzene ring substituents is 1. The minimum Gasteiger partial charge on any atom is -0.267 e. The van der Waals surface area contributed by atoms with Crippen LogP contribution in [0.1, 0.15) is 15.9 Å². The zero-order valence-electron chi connectivity index (χ0n) is 13.4. The third-order valence-electron chi connectivity index (χ3n) is 3.47. The molecule has 27 heavy (non-hydrogen) atoms. The molecule has 1 aliphatic rings. The predicted octanol–water partition coefficient (Wildman–Crippen LogP) is 3.28. The summed E-state index contributed by atoms with van der Waals surface area (Å²) in [5.41, 5.74) is 2.56. The Labute approximate surface area is 162 Å². The zero-order chi connectivity index (χ0) is 19.6. The number of hydrogen-bond donors (Lipinski definition) is 1. The highest BCUT2D eigenvalue weighted by molar-refractivity contribution is 8.26. The normalized spacial score (nSPS) is 15.3. The number of benzene rings is 2. The highest BCUT2D eigenvalue weighted by Crippen LogP contribution is 2.31. The van der Waals surface area contributed by atoms with E-state index in [0.29, 0.717) is 5.56 Å². The Kier molecular flexibility index (Phi) is 5.28. The van der Waals surface area contributed by atoms with Crippen LogP contribution in [0.4, 0.5) is 10.1 Å². The van der Waals surface area contributed by atoms with Crippen molar-refractivity contribution < 1.29 is 18.9 Å². The van der Waals surface area contributed by atoms with Crippen molar-refractivity contribution in [3.63, 3.8) is 0 Å². The van der Waals surface area contributed by atoms with Crippen molar-refractivity contribution in [2.45, 2.75) is 0 Å². The molecule has 1 fully saturated rings. The number of halogens is 1. The van der Waals surface area contributed by atoms with E-state index in [0.717, 1.165) is 22.8 Å². The highest BCUT2D eigenvalue weighted by atomic mass is 32.2. The van der Waals surface area contributed by atoms with Gasteiger partial charge in [0, 0.05) is 17.7 Å². The van der Waals surface area contributed by atoms with E-state index in [1.54, 1.807) is 6.07 Å². The van der Waals surface area contributed by atoms with E-state index in [-0.39, 0.29) is 20.5 Å². The second-order valence-electron chi connectivity index (χ2n) is 5.32. The van der Waals surface area contributed by atoms with Crippen molar-refractivity contribution in [1.82, 2.24) is 10.4 Å². The SMILES string of the molecule is O=C(NN1C(=O)C(=Cc2cccc(F)c2)SC1=S)c1cccc([N+](=O)[O-])c1. The lowest BCUT2D eigenvalue weighted by Crippen LogP contribution is -2.44. The van der Waals surface area contributed by atoms with E-state index in [4.69, 9.17) is 12.2 Å². The maximum absolute atomic E-state index is 13.3. The second-order valence-corrected chi connectivity index (χ2v) is 7.00. The summed E-state index contributed by atoms with van der Waals surface area (Å²) in [6, 6.07) is 10.7. The van der Waals surface area contributed by atoms with Crippen LogP contribution in [0.25, 0.3) is 6.08 Å². The van der Waals surface area contributed by atoms with Gasteiger partial charge >= 0.3 is 0 Å². The number of nitrogens with zero attached hydrogens (tertiary/aromatic N) is 2. The number of carbonyl (C=O) groups excluding carboxylic acids is 2. The summed E-state index contributed by atoms with van der Waals surface area (Å²) in [5.74, 6) is -1.74. The number of carbonyl (C=O) groups is 2. The van der Waals surface area contributed by atoms with E-state index in [1.165, 1.54) is 42.5 Å². The lowest BCUT2D eigenvalue weighted by molar-refractivity contribution is -0.384. The number of nitrogens with one attached hydrogen (secondary N) is 1. The molecule has 0 unspecified atom stereocenters. The Morgan fingerprint density at radius 1 is 1.26 bits per heavy atom. The van der Waals surface area contributed by atoms with Gasteiger partial charge in [-0.25, -0.2) is 4.39 Å². The maximum atomic E-state index is 13.3. The monoisotopic (exact) mass is 403 g/mol. The molecule has 1 saturated heterocycles. The Bertz CT molecular complexity index is 1010. The van der Waals surface area contributed by atoms with Crippen LogP contribution in [0, 0.1) is 15.9 Å². The molecular formula is C17H10FN3O4S2. The summed E-state index contributed by atoms with van der Waals surface area (Å²) >= 11 is 6.05. The Balaban J connectivity index is 1.78. The van der Waals surface area contributed by atoms with Gasteiger partial charge in [-0.1, -0.05) is 30.0 Å². The molecule has 0 bridgehead atoms. The van der Waals surface area contributed by atoms with Crippen LogP contribution >= 0.6 is 24.0 Å². The molecule has 1 aliphatic heterocycles. The number of thiocarbonyl (C=S) groups is 1. The molecule has 0 atom stereocenters. The van der Waals surface area contributed by atoms with Gasteiger partial charge in [0.15, 0.2) is 4.32 Å². The smallest absolute Gasteiger partial charge is 0.267 e. The molecule has 2 amide bonds. The number of nitro groups is 1. The Morgan fingerprint density at radius 3 is 2.70 bits per heavy atom. The minimum atomic E-state index is -0.720. The van der Waals surface area contributed by atoms with E-state index in [1.807, 2.05) is 0 Å². The molecule has 1 heterocycles. The largest absolute Gasteiger partial charge is 0.285 e. The fourth-order valence-electron chi connectivity index (χ4n) is 2.24. The van der Waals surface area contributed by atoms with Gasteiger partial charge in [0.1, 0.15) is 5.82 Å². The molecule has 136 valence electrons. The second kappa shape index (κ2) is 7.64. The third kappa shape index (κ3) is 4.18. The van der Waals surface area contributed by atoms with Gasteiger partial charge in [0.2, 0.25) is 0 Å². The first kappa shape index (κ1) is 18.7. The van der Waals surface area contributed by atoms with Crippen molar-refractivity contribution in [3.05, 3.63) is 80.5 Å². The van der Waals surface area contributed by atoms with Crippen LogP contribution in [0.2, 0.25) is 0 Å². The first-order valence-corrected chi connectivity index (χ1v) is 8.66. The zero-order valence-corrected chi connectivity index (χ0v) is 15.1. The summed E-state index contributed by atoms with van der Waals surface area (Å²) in [6.07, 6.45) is 1.46. The number of non-ortho nitro benzene ring substituents is 1. The highest BCUT2D eigenvalue weighted by Gasteiger charge is 2.34. The molecule has 0 aliphatic carbocycles. The van der Waals surface area contributed by atoms with Crippen LogP contribution in [0.15, 0.2) is 53.4 Å². The quantitative estimate of drug-likeness (QED) is 0.365.